The van der Waals surface area contributed by atoms with Crippen molar-refractivity contribution in [2.75, 3.05) is 6.61 Å². The molecular weight excluding hydrogens is 268 g/mol. The average molecular weight is 305 g/mol. The van der Waals surface area contributed by atoms with Gasteiger partial charge in [-0.05, 0) is 37.3 Å². The van der Waals surface area contributed by atoms with Crippen LogP contribution in [0.5, 0.6) is 5.75 Å². The monoisotopic (exact) mass is 304 g/mol. The average Bonchev–Trinajstić information content (AvgIpc) is 2.53. The summed E-state index contributed by atoms with van der Waals surface area (Å²) in [6.45, 7) is 9.83. The molecule has 0 heterocycles. The Morgan fingerprint density at radius 1 is 0.909 bits per heavy atom. The van der Waals surface area contributed by atoms with Crippen LogP contribution in [0.4, 0.5) is 0 Å². The van der Waals surface area contributed by atoms with Gasteiger partial charge >= 0.3 is 0 Å². The fourth-order valence-electron chi connectivity index (χ4n) is 2.82. The first-order valence-corrected chi connectivity index (χ1v) is 9.42. The van der Waals surface area contributed by atoms with Crippen LogP contribution >= 0.6 is 0 Å². The third kappa shape index (κ3) is 7.33. The molecule has 126 valence electrons. The van der Waals surface area contributed by atoms with Gasteiger partial charge in [0.2, 0.25) is 0 Å². The molecule has 1 atom stereocenters. The van der Waals surface area contributed by atoms with Crippen molar-refractivity contribution in [3.05, 3.63) is 29.3 Å². The topological polar surface area (TPSA) is 9.23 Å². The molecule has 0 spiro atoms. The SMILES string of the molecule is CCCCCCCCCCOc1ccc(C)cc1C(C)CC. The second kappa shape index (κ2) is 11.6. The summed E-state index contributed by atoms with van der Waals surface area (Å²) in [4.78, 5) is 0. The molecule has 1 nitrogen and oxygen atoms in total. The molecular formula is C21H36O. The molecule has 0 saturated carbocycles. The molecule has 1 rings (SSSR count). The largest absolute Gasteiger partial charge is 0.493 e. The standard InChI is InChI=1S/C21H36O/c1-5-7-8-9-10-11-12-13-16-22-21-15-14-18(3)17-20(21)19(4)6-2/h14-15,17,19H,5-13,16H2,1-4H3. The molecule has 1 aromatic carbocycles. The minimum absolute atomic E-state index is 0.577. The predicted octanol–water partition coefficient (Wildman–Crippen LogP) is 7.03. The molecule has 0 N–H and O–H groups in total. The smallest absolute Gasteiger partial charge is 0.122 e. The Morgan fingerprint density at radius 2 is 1.55 bits per heavy atom. The zero-order valence-electron chi connectivity index (χ0n) is 15.3. The Bertz CT molecular complexity index is 397. The summed E-state index contributed by atoms with van der Waals surface area (Å²) >= 11 is 0. The van der Waals surface area contributed by atoms with Crippen LogP contribution in [0.25, 0.3) is 0 Å². The molecule has 0 aliphatic carbocycles. The predicted molar refractivity (Wildman–Crippen MR) is 98.0 cm³/mol. The van der Waals surface area contributed by atoms with Crippen molar-refractivity contribution < 1.29 is 4.74 Å². The fraction of sp³-hybridized carbons (Fsp3) is 0.714. The fourth-order valence-corrected chi connectivity index (χ4v) is 2.82. The Kier molecular flexibility index (Phi) is 10.0. The molecule has 1 unspecified atom stereocenters. The van der Waals surface area contributed by atoms with Crippen LogP contribution in [0, 0.1) is 6.92 Å². The number of aryl methyl sites for hydroxylation is 1. The molecule has 0 saturated heterocycles. The van der Waals surface area contributed by atoms with Crippen molar-refractivity contribution in [2.24, 2.45) is 0 Å². The van der Waals surface area contributed by atoms with Gasteiger partial charge in [0, 0.05) is 0 Å². The lowest BCUT2D eigenvalue weighted by atomic mass is 9.96. The summed E-state index contributed by atoms with van der Waals surface area (Å²) in [7, 11) is 0. The van der Waals surface area contributed by atoms with Crippen molar-refractivity contribution in [2.45, 2.75) is 91.4 Å². The molecule has 0 amide bonds. The zero-order chi connectivity index (χ0) is 16.2. The van der Waals surface area contributed by atoms with Gasteiger partial charge in [0.1, 0.15) is 5.75 Å². The number of rotatable bonds is 12. The van der Waals surface area contributed by atoms with Gasteiger partial charge in [-0.25, -0.2) is 0 Å². The van der Waals surface area contributed by atoms with Crippen LogP contribution in [0.1, 0.15) is 95.6 Å². The van der Waals surface area contributed by atoms with Crippen LogP contribution in [-0.2, 0) is 0 Å². The van der Waals surface area contributed by atoms with Crippen molar-refractivity contribution >= 4 is 0 Å². The van der Waals surface area contributed by atoms with E-state index in [-0.39, 0.29) is 0 Å². The zero-order valence-corrected chi connectivity index (χ0v) is 15.3. The second-order valence-corrected chi connectivity index (χ2v) is 6.67. The highest BCUT2D eigenvalue weighted by Crippen LogP contribution is 2.29. The quantitative estimate of drug-likeness (QED) is 0.377. The maximum Gasteiger partial charge on any atom is 0.122 e. The molecule has 0 fully saturated rings. The van der Waals surface area contributed by atoms with E-state index in [1.54, 1.807) is 0 Å². The number of unbranched alkanes of at least 4 members (excludes halogenated alkanes) is 7. The van der Waals surface area contributed by atoms with Gasteiger partial charge in [0.15, 0.2) is 0 Å². The van der Waals surface area contributed by atoms with Gasteiger partial charge in [-0.2, -0.15) is 0 Å². The van der Waals surface area contributed by atoms with Crippen LogP contribution in [0.2, 0.25) is 0 Å². The van der Waals surface area contributed by atoms with Crippen molar-refractivity contribution in [3.8, 4) is 5.75 Å². The number of hydrogen-bond donors (Lipinski definition) is 0. The van der Waals surface area contributed by atoms with Gasteiger partial charge < -0.3 is 4.74 Å². The van der Waals surface area contributed by atoms with Crippen molar-refractivity contribution in [1.82, 2.24) is 0 Å². The molecule has 0 bridgehead atoms. The molecule has 1 heteroatoms. The lowest BCUT2D eigenvalue weighted by molar-refractivity contribution is 0.299. The van der Waals surface area contributed by atoms with E-state index in [0.717, 1.165) is 18.8 Å². The van der Waals surface area contributed by atoms with Gasteiger partial charge in [0.25, 0.3) is 0 Å². The third-order valence-corrected chi connectivity index (χ3v) is 4.56. The first-order valence-electron chi connectivity index (χ1n) is 9.42. The normalized spacial score (nSPS) is 12.4. The van der Waals surface area contributed by atoms with E-state index in [2.05, 4.69) is 45.9 Å². The molecule has 0 aliphatic heterocycles. The summed E-state index contributed by atoms with van der Waals surface area (Å²) in [5, 5.41) is 0. The molecule has 1 aromatic rings. The van der Waals surface area contributed by atoms with Crippen molar-refractivity contribution in [1.29, 1.82) is 0 Å². The van der Waals surface area contributed by atoms with Crippen LogP contribution in [0.3, 0.4) is 0 Å². The van der Waals surface area contributed by atoms with E-state index >= 15 is 0 Å². The lowest BCUT2D eigenvalue weighted by Gasteiger charge is -2.16. The van der Waals surface area contributed by atoms with E-state index in [9.17, 15) is 0 Å². The Balaban J connectivity index is 2.24. The molecule has 0 aromatic heterocycles. The Morgan fingerprint density at radius 3 is 2.18 bits per heavy atom. The maximum absolute atomic E-state index is 6.06. The van der Waals surface area contributed by atoms with E-state index < -0.39 is 0 Å². The highest BCUT2D eigenvalue weighted by Gasteiger charge is 2.10. The van der Waals surface area contributed by atoms with Gasteiger partial charge in [-0.15, -0.1) is 0 Å². The van der Waals surface area contributed by atoms with Crippen LogP contribution in [-0.4, -0.2) is 6.61 Å². The molecule has 0 radical (unpaired) electrons. The lowest BCUT2D eigenvalue weighted by Crippen LogP contribution is -2.03. The summed E-state index contributed by atoms with van der Waals surface area (Å²) < 4.78 is 6.06. The van der Waals surface area contributed by atoms with Gasteiger partial charge in [0.05, 0.1) is 6.61 Å². The number of ether oxygens (including phenoxy) is 1. The number of hydrogen-bond acceptors (Lipinski definition) is 1. The van der Waals surface area contributed by atoms with E-state index in [0.29, 0.717) is 5.92 Å². The van der Waals surface area contributed by atoms with E-state index in [4.69, 9.17) is 4.74 Å². The third-order valence-electron chi connectivity index (χ3n) is 4.56. The first-order chi connectivity index (χ1) is 10.7. The summed E-state index contributed by atoms with van der Waals surface area (Å²) in [5.74, 6) is 1.68. The Hall–Kier alpha value is -0.980. The summed E-state index contributed by atoms with van der Waals surface area (Å²) in [6.07, 6.45) is 12.0. The highest BCUT2D eigenvalue weighted by molar-refractivity contribution is 5.39. The highest BCUT2D eigenvalue weighted by atomic mass is 16.5. The van der Waals surface area contributed by atoms with Crippen LogP contribution < -0.4 is 4.74 Å². The molecule has 0 aliphatic rings. The van der Waals surface area contributed by atoms with E-state index in [1.165, 1.54) is 62.5 Å². The minimum atomic E-state index is 0.577. The Labute approximate surface area is 138 Å². The van der Waals surface area contributed by atoms with E-state index in [1.807, 2.05) is 0 Å². The number of benzene rings is 1. The maximum atomic E-state index is 6.06. The van der Waals surface area contributed by atoms with Gasteiger partial charge in [-0.3, -0.25) is 0 Å². The summed E-state index contributed by atoms with van der Waals surface area (Å²) in [6, 6.07) is 6.60. The first kappa shape index (κ1) is 19.1. The summed E-state index contributed by atoms with van der Waals surface area (Å²) in [5.41, 5.74) is 2.71. The minimum Gasteiger partial charge on any atom is -0.493 e. The van der Waals surface area contributed by atoms with Crippen molar-refractivity contribution in [3.63, 3.8) is 0 Å². The van der Waals surface area contributed by atoms with Gasteiger partial charge in [-0.1, -0.05) is 83.4 Å². The second-order valence-electron chi connectivity index (χ2n) is 6.67. The molecule has 22 heavy (non-hydrogen) atoms. The van der Waals surface area contributed by atoms with Crippen LogP contribution in [0.15, 0.2) is 18.2 Å².